The first kappa shape index (κ1) is 16.3. The van der Waals surface area contributed by atoms with Crippen molar-refractivity contribution in [3.05, 3.63) is 29.3 Å². The predicted octanol–water partition coefficient (Wildman–Crippen LogP) is 2.54. The molecule has 0 saturated carbocycles. The van der Waals surface area contributed by atoms with Gasteiger partial charge < -0.3 is 14.7 Å². The highest BCUT2D eigenvalue weighted by Crippen LogP contribution is 2.26. The molecule has 0 unspecified atom stereocenters. The summed E-state index contributed by atoms with van der Waals surface area (Å²) in [6, 6.07) is 5.17. The molecule has 1 aliphatic heterocycles. The molecule has 0 spiro atoms. The molecular formula is C17H23NO4. The summed E-state index contributed by atoms with van der Waals surface area (Å²) in [4.78, 5) is 25.8. The normalized spacial score (nSPS) is 15.9. The van der Waals surface area contributed by atoms with Gasteiger partial charge in [-0.1, -0.05) is 19.9 Å². The molecule has 0 atom stereocenters. The number of amides is 1. The van der Waals surface area contributed by atoms with Gasteiger partial charge in [0.1, 0.15) is 5.75 Å². The van der Waals surface area contributed by atoms with Crippen molar-refractivity contribution in [2.24, 2.45) is 5.92 Å². The molecule has 2 rings (SSSR count). The first-order valence-corrected chi connectivity index (χ1v) is 7.64. The zero-order chi connectivity index (χ0) is 16.3. The minimum absolute atomic E-state index is 0.00416. The summed E-state index contributed by atoms with van der Waals surface area (Å²) < 4.78 is 4.75. The summed E-state index contributed by atoms with van der Waals surface area (Å²) in [5, 5.41) is 9.97. The van der Waals surface area contributed by atoms with Crippen LogP contribution < -0.4 is 0 Å². The third-order valence-corrected chi connectivity index (χ3v) is 4.23. The van der Waals surface area contributed by atoms with Crippen LogP contribution in [0.5, 0.6) is 5.75 Å². The molecule has 1 amide bonds. The number of nitrogens with zero attached hydrogens (tertiary/aromatic N) is 1. The van der Waals surface area contributed by atoms with Crippen LogP contribution in [0.2, 0.25) is 0 Å². The van der Waals surface area contributed by atoms with Crippen LogP contribution in [-0.4, -0.2) is 42.1 Å². The van der Waals surface area contributed by atoms with Gasteiger partial charge in [0.2, 0.25) is 0 Å². The van der Waals surface area contributed by atoms with E-state index in [1.807, 2.05) is 19.9 Å². The van der Waals surface area contributed by atoms with Crippen LogP contribution in [0.25, 0.3) is 0 Å². The maximum absolute atomic E-state index is 12.6. The second-order valence-corrected chi connectivity index (χ2v) is 6.02. The molecule has 1 heterocycles. The second-order valence-electron chi connectivity index (χ2n) is 6.02. The molecule has 1 aromatic carbocycles. The van der Waals surface area contributed by atoms with E-state index in [9.17, 15) is 14.7 Å². The predicted molar refractivity (Wildman–Crippen MR) is 82.8 cm³/mol. The van der Waals surface area contributed by atoms with Gasteiger partial charge in [0.15, 0.2) is 0 Å². The van der Waals surface area contributed by atoms with Gasteiger partial charge in [0, 0.05) is 13.1 Å². The fourth-order valence-corrected chi connectivity index (χ4v) is 2.74. The Kier molecular flexibility index (Phi) is 5.06. The van der Waals surface area contributed by atoms with Crippen LogP contribution >= 0.6 is 0 Å². The highest BCUT2D eigenvalue weighted by atomic mass is 16.5. The third-order valence-electron chi connectivity index (χ3n) is 4.23. The van der Waals surface area contributed by atoms with E-state index >= 15 is 0 Å². The Morgan fingerprint density at radius 1 is 1.27 bits per heavy atom. The van der Waals surface area contributed by atoms with Crippen molar-refractivity contribution in [3.63, 3.8) is 0 Å². The molecule has 1 saturated heterocycles. The quantitative estimate of drug-likeness (QED) is 0.872. The Morgan fingerprint density at radius 2 is 1.91 bits per heavy atom. The number of hydrogen-bond donors (Lipinski definition) is 1. The number of phenolic OH excluding ortho intramolecular Hbond substituents is 1. The molecule has 5 nitrogen and oxygen atoms in total. The van der Waals surface area contributed by atoms with Crippen LogP contribution in [-0.2, 0) is 9.53 Å². The Bertz CT molecular complexity index is 560. The molecular weight excluding hydrogens is 282 g/mol. The lowest BCUT2D eigenvalue weighted by atomic mass is 9.95. The van der Waals surface area contributed by atoms with E-state index < -0.39 is 0 Å². The van der Waals surface area contributed by atoms with Crippen LogP contribution in [0.1, 0.15) is 48.5 Å². The number of piperidine rings is 1. The lowest BCUT2D eigenvalue weighted by Gasteiger charge is -2.31. The fourth-order valence-electron chi connectivity index (χ4n) is 2.74. The van der Waals surface area contributed by atoms with Crippen LogP contribution in [0.4, 0.5) is 0 Å². The number of ether oxygens (including phenoxy) is 1. The number of phenols is 1. The Balaban J connectivity index is 2.10. The van der Waals surface area contributed by atoms with Crippen LogP contribution in [0.3, 0.4) is 0 Å². The van der Waals surface area contributed by atoms with Crippen molar-refractivity contribution in [3.8, 4) is 5.75 Å². The van der Waals surface area contributed by atoms with E-state index in [2.05, 4.69) is 0 Å². The largest absolute Gasteiger partial charge is 0.507 e. The van der Waals surface area contributed by atoms with Gasteiger partial charge in [0.25, 0.3) is 5.91 Å². The second kappa shape index (κ2) is 6.81. The highest BCUT2D eigenvalue weighted by molar-refractivity contribution is 5.97. The number of likely N-dealkylation sites (tertiary alicyclic amines) is 1. The van der Waals surface area contributed by atoms with Crippen LogP contribution in [0.15, 0.2) is 18.2 Å². The van der Waals surface area contributed by atoms with Crippen molar-refractivity contribution in [2.75, 3.05) is 20.2 Å². The molecule has 0 aliphatic carbocycles. The summed E-state index contributed by atoms with van der Waals surface area (Å²) in [7, 11) is 1.38. The Hall–Kier alpha value is -2.04. The molecule has 1 fully saturated rings. The summed E-state index contributed by atoms with van der Waals surface area (Å²) in [5.74, 6) is -0.230. The summed E-state index contributed by atoms with van der Waals surface area (Å²) in [5.41, 5.74) is 1.35. The van der Waals surface area contributed by atoms with Gasteiger partial charge in [-0.15, -0.1) is 0 Å². The number of benzene rings is 1. The number of aromatic hydroxyl groups is 1. The van der Waals surface area contributed by atoms with Crippen molar-refractivity contribution in [2.45, 2.75) is 32.6 Å². The van der Waals surface area contributed by atoms with Crippen molar-refractivity contribution < 1.29 is 19.4 Å². The van der Waals surface area contributed by atoms with Crippen molar-refractivity contribution in [1.82, 2.24) is 4.90 Å². The number of esters is 1. The average Bonchev–Trinajstić information content (AvgIpc) is 2.53. The van der Waals surface area contributed by atoms with E-state index in [1.165, 1.54) is 7.11 Å². The van der Waals surface area contributed by atoms with E-state index in [1.54, 1.807) is 17.0 Å². The molecule has 120 valence electrons. The molecule has 1 N–H and O–H groups in total. The summed E-state index contributed by atoms with van der Waals surface area (Å²) in [6.45, 7) is 5.10. The van der Waals surface area contributed by atoms with Gasteiger partial charge in [-0.25, -0.2) is 0 Å². The van der Waals surface area contributed by atoms with Gasteiger partial charge in [-0.3, -0.25) is 9.59 Å². The van der Waals surface area contributed by atoms with Gasteiger partial charge in [0.05, 0.1) is 18.6 Å². The van der Waals surface area contributed by atoms with E-state index in [0.717, 1.165) is 5.56 Å². The molecule has 0 radical (unpaired) electrons. The lowest BCUT2D eigenvalue weighted by Crippen LogP contribution is -2.40. The van der Waals surface area contributed by atoms with Gasteiger partial charge in [-0.2, -0.15) is 0 Å². The summed E-state index contributed by atoms with van der Waals surface area (Å²) in [6.07, 6.45) is 1.20. The number of rotatable bonds is 3. The molecule has 0 bridgehead atoms. The van der Waals surface area contributed by atoms with Gasteiger partial charge in [-0.05, 0) is 36.5 Å². The minimum Gasteiger partial charge on any atom is -0.507 e. The van der Waals surface area contributed by atoms with E-state index in [0.29, 0.717) is 31.5 Å². The maximum atomic E-state index is 12.6. The Labute approximate surface area is 130 Å². The molecule has 1 aromatic rings. The average molecular weight is 305 g/mol. The molecule has 1 aliphatic rings. The minimum atomic E-state index is -0.211. The molecule has 0 aromatic heterocycles. The van der Waals surface area contributed by atoms with E-state index in [-0.39, 0.29) is 29.5 Å². The van der Waals surface area contributed by atoms with Gasteiger partial charge >= 0.3 is 5.97 Å². The zero-order valence-corrected chi connectivity index (χ0v) is 13.3. The zero-order valence-electron chi connectivity index (χ0n) is 13.3. The fraction of sp³-hybridized carbons (Fsp3) is 0.529. The molecule has 22 heavy (non-hydrogen) atoms. The topological polar surface area (TPSA) is 66.8 Å². The first-order chi connectivity index (χ1) is 10.4. The highest BCUT2D eigenvalue weighted by Gasteiger charge is 2.29. The first-order valence-electron chi connectivity index (χ1n) is 7.64. The monoisotopic (exact) mass is 305 g/mol. The van der Waals surface area contributed by atoms with Crippen molar-refractivity contribution in [1.29, 1.82) is 0 Å². The Morgan fingerprint density at radius 3 is 2.45 bits per heavy atom. The molecule has 5 heteroatoms. The standard InChI is InChI=1S/C17H23NO4/c1-11(2)13-4-5-15(19)14(10-13)16(20)18-8-6-12(7-9-18)17(21)22-3/h4-5,10-12,19H,6-9H2,1-3H3. The lowest BCUT2D eigenvalue weighted by molar-refractivity contribution is -0.146. The summed E-state index contributed by atoms with van der Waals surface area (Å²) >= 11 is 0. The van der Waals surface area contributed by atoms with Crippen LogP contribution in [0, 0.1) is 5.92 Å². The third kappa shape index (κ3) is 3.40. The number of carbonyl (C=O) groups excluding carboxylic acids is 2. The number of hydrogen-bond acceptors (Lipinski definition) is 4. The maximum Gasteiger partial charge on any atom is 0.308 e. The van der Waals surface area contributed by atoms with E-state index in [4.69, 9.17) is 4.74 Å². The van der Waals surface area contributed by atoms with Crippen molar-refractivity contribution >= 4 is 11.9 Å². The number of carbonyl (C=O) groups is 2. The number of methoxy groups -OCH3 is 1. The smallest absolute Gasteiger partial charge is 0.308 e. The SMILES string of the molecule is COC(=O)C1CCN(C(=O)c2cc(C(C)C)ccc2O)CC1.